The summed E-state index contributed by atoms with van der Waals surface area (Å²) in [6.45, 7) is 3.96. The molecule has 3 N–H and O–H groups in total. The minimum absolute atomic E-state index is 0.0176. The SMILES string of the molecule is CCc1nc2ccccc2n1C(CC)C(=O)NCc1nc(C(N)=O)no1. The Balaban J connectivity index is 1.82. The lowest BCUT2D eigenvalue weighted by Crippen LogP contribution is -2.32. The molecular weight excluding hydrogens is 336 g/mol. The molecule has 26 heavy (non-hydrogen) atoms. The Morgan fingerprint density at radius 1 is 1.27 bits per heavy atom. The third-order valence-electron chi connectivity index (χ3n) is 4.09. The Hall–Kier alpha value is -3.23. The van der Waals surface area contributed by atoms with Crippen molar-refractivity contribution in [3.63, 3.8) is 0 Å². The van der Waals surface area contributed by atoms with Crippen LogP contribution in [0.15, 0.2) is 28.8 Å². The molecule has 1 unspecified atom stereocenters. The van der Waals surface area contributed by atoms with Crippen molar-refractivity contribution in [1.29, 1.82) is 0 Å². The maximum absolute atomic E-state index is 12.8. The van der Waals surface area contributed by atoms with Crippen molar-refractivity contribution < 1.29 is 14.1 Å². The number of amides is 2. The van der Waals surface area contributed by atoms with Gasteiger partial charge in [-0.2, -0.15) is 4.98 Å². The van der Waals surface area contributed by atoms with Crippen LogP contribution in [-0.2, 0) is 17.8 Å². The number of carbonyl (C=O) groups is 2. The standard InChI is InChI=1S/C17H20N6O3/c1-3-11(17(25)19-9-14-21-16(15(18)24)22-26-14)23-12-8-6-5-7-10(12)20-13(23)4-2/h5-8,11H,3-4,9H2,1-2H3,(H2,18,24)(H,19,25). The van der Waals surface area contributed by atoms with E-state index in [4.69, 9.17) is 10.3 Å². The van der Waals surface area contributed by atoms with Crippen molar-refractivity contribution in [3.8, 4) is 0 Å². The number of benzene rings is 1. The summed E-state index contributed by atoms with van der Waals surface area (Å²) in [6.07, 6.45) is 1.31. The van der Waals surface area contributed by atoms with Crippen LogP contribution in [0.2, 0.25) is 0 Å². The number of rotatable bonds is 7. The number of nitrogens with zero attached hydrogens (tertiary/aromatic N) is 4. The van der Waals surface area contributed by atoms with Crippen molar-refractivity contribution in [2.24, 2.45) is 5.73 Å². The van der Waals surface area contributed by atoms with Crippen molar-refractivity contribution in [2.75, 3.05) is 0 Å². The molecule has 3 aromatic rings. The average molecular weight is 356 g/mol. The number of nitrogens with two attached hydrogens (primary N) is 1. The molecule has 0 aliphatic rings. The molecule has 2 heterocycles. The number of carbonyl (C=O) groups excluding carboxylic acids is 2. The number of aryl methyl sites for hydroxylation is 1. The fourth-order valence-electron chi connectivity index (χ4n) is 2.88. The smallest absolute Gasteiger partial charge is 0.290 e. The van der Waals surface area contributed by atoms with Crippen LogP contribution in [0.25, 0.3) is 11.0 Å². The largest absolute Gasteiger partial charge is 0.363 e. The predicted molar refractivity (Wildman–Crippen MR) is 93.1 cm³/mol. The predicted octanol–water partition coefficient (Wildman–Crippen LogP) is 1.35. The number of hydrogen-bond donors (Lipinski definition) is 2. The van der Waals surface area contributed by atoms with E-state index in [1.54, 1.807) is 0 Å². The van der Waals surface area contributed by atoms with Crippen LogP contribution in [0.5, 0.6) is 0 Å². The van der Waals surface area contributed by atoms with Gasteiger partial charge >= 0.3 is 0 Å². The summed E-state index contributed by atoms with van der Waals surface area (Å²) in [4.78, 5) is 32.2. The molecule has 2 aromatic heterocycles. The van der Waals surface area contributed by atoms with Crippen LogP contribution in [0, 0.1) is 0 Å². The first-order chi connectivity index (χ1) is 12.5. The fraction of sp³-hybridized carbons (Fsp3) is 0.353. The first-order valence-corrected chi connectivity index (χ1v) is 8.41. The van der Waals surface area contributed by atoms with Gasteiger partial charge in [-0.25, -0.2) is 4.98 Å². The highest BCUT2D eigenvalue weighted by Crippen LogP contribution is 2.24. The van der Waals surface area contributed by atoms with E-state index in [1.165, 1.54) is 0 Å². The second-order valence-corrected chi connectivity index (χ2v) is 5.76. The molecule has 0 saturated heterocycles. The normalized spacial score (nSPS) is 12.2. The molecule has 0 radical (unpaired) electrons. The molecule has 9 heteroatoms. The molecular formula is C17H20N6O3. The minimum atomic E-state index is -0.782. The Morgan fingerprint density at radius 3 is 2.69 bits per heavy atom. The summed E-state index contributed by atoms with van der Waals surface area (Å²) < 4.78 is 6.87. The molecule has 136 valence electrons. The molecule has 0 fully saturated rings. The van der Waals surface area contributed by atoms with Gasteiger partial charge in [0.05, 0.1) is 17.6 Å². The van der Waals surface area contributed by atoms with E-state index in [2.05, 4.69) is 20.4 Å². The summed E-state index contributed by atoms with van der Waals surface area (Å²) >= 11 is 0. The molecule has 1 atom stereocenters. The van der Waals surface area contributed by atoms with Crippen molar-refractivity contribution in [1.82, 2.24) is 25.0 Å². The number of para-hydroxylation sites is 2. The maximum Gasteiger partial charge on any atom is 0.290 e. The quantitative estimate of drug-likeness (QED) is 0.657. The van der Waals surface area contributed by atoms with Gasteiger partial charge in [0.2, 0.25) is 11.8 Å². The van der Waals surface area contributed by atoms with E-state index >= 15 is 0 Å². The van der Waals surface area contributed by atoms with Crippen molar-refractivity contribution in [2.45, 2.75) is 39.3 Å². The average Bonchev–Trinajstić information content (AvgIpc) is 3.26. The van der Waals surface area contributed by atoms with Crippen LogP contribution in [0.1, 0.15) is 48.6 Å². The molecule has 0 spiro atoms. The number of nitrogens with one attached hydrogen (secondary N) is 1. The summed E-state index contributed by atoms with van der Waals surface area (Å²) in [5.74, 6) is -0.218. The monoisotopic (exact) mass is 356 g/mol. The molecule has 2 amide bonds. The topological polar surface area (TPSA) is 129 Å². The number of fused-ring (bicyclic) bond motifs is 1. The first-order valence-electron chi connectivity index (χ1n) is 8.41. The van der Waals surface area contributed by atoms with E-state index in [0.717, 1.165) is 16.9 Å². The van der Waals surface area contributed by atoms with E-state index in [9.17, 15) is 9.59 Å². The van der Waals surface area contributed by atoms with E-state index in [1.807, 2.05) is 42.7 Å². The Labute approximate surface area is 149 Å². The molecule has 0 bridgehead atoms. The van der Waals surface area contributed by atoms with E-state index < -0.39 is 11.9 Å². The zero-order chi connectivity index (χ0) is 18.7. The number of imidazole rings is 1. The van der Waals surface area contributed by atoms with Gasteiger partial charge in [0, 0.05) is 6.42 Å². The second-order valence-electron chi connectivity index (χ2n) is 5.76. The van der Waals surface area contributed by atoms with Gasteiger partial charge in [-0.1, -0.05) is 31.1 Å². The van der Waals surface area contributed by atoms with Crippen LogP contribution in [0.4, 0.5) is 0 Å². The van der Waals surface area contributed by atoms with Gasteiger partial charge in [0.1, 0.15) is 11.9 Å². The van der Waals surface area contributed by atoms with Gasteiger partial charge in [-0.05, 0) is 18.6 Å². The zero-order valence-corrected chi connectivity index (χ0v) is 14.6. The highest BCUT2D eigenvalue weighted by Gasteiger charge is 2.24. The van der Waals surface area contributed by atoms with E-state index in [0.29, 0.717) is 12.8 Å². The second kappa shape index (κ2) is 7.34. The molecule has 0 saturated carbocycles. The summed E-state index contributed by atoms with van der Waals surface area (Å²) in [7, 11) is 0. The first kappa shape index (κ1) is 17.6. The third kappa shape index (κ3) is 3.28. The van der Waals surface area contributed by atoms with Gasteiger partial charge in [0.15, 0.2) is 0 Å². The van der Waals surface area contributed by atoms with Gasteiger partial charge in [0.25, 0.3) is 11.7 Å². The van der Waals surface area contributed by atoms with Crippen LogP contribution in [0.3, 0.4) is 0 Å². The third-order valence-corrected chi connectivity index (χ3v) is 4.09. The highest BCUT2D eigenvalue weighted by atomic mass is 16.5. The van der Waals surface area contributed by atoms with Crippen LogP contribution >= 0.6 is 0 Å². The Morgan fingerprint density at radius 2 is 2.04 bits per heavy atom. The lowest BCUT2D eigenvalue weighted by molar-refractivity contribution is -0.124. The minimum Gasteiger partial charge on any atom is -0.363 e. The molecule has 9 nitrogen and oxygen atoms in total. The number of primary amides is 1. The van der Waals surface area contributed by atoms with E-state index in [-0.39, 0.29) is 24.2 Å². The fourth-order valence-corrected chi connectivity index (χ4v) is 2.88. The summed E-state index contributed by atoms with van der Waals surface area (Å²) in [5.41, 5.74) is 6.86. The van der Waals surface area contributed by atoms with Crippen LogP contribution < -0.4 is 11.1 Å². The maximum atomic E-state index is 12.8. The Kier molecular flexibility index (Phi) is 4.97. The molecule has 0 aliphatic carbocycles. The molecule has 3 rings (SSSR count). The Bertz CT molecular complexity index is 945. The number of aromatic nitrogens is 4. The van der Waals surface area contributed by atoms with Crippen LogP contribution in [-0.4, -0.2) is 31.5 Å². The number of hydrogen-bond acceptors (Lipinski definition) is 6. The lowest BCUT2D eigenvalue weighted by Gasteiger charge is -2.19. The van der Waals surface area contributed by atoms with Gasteiger partial charge in [-0.15, -0.1) is 0 Å². The summed E-state index contributed by atoms with van der Waals surface area (Å²) in [6, 6.07) is 7.31. The zero-order valence-electron chi connectivity index (χ0n) is 14.6. The van der Waals surface area contributed by atoms with Gasteiger partial charge in [-0.3, -0.25) is 9.59 Å². The summed E-state index contributed by atoms with van der Waals surface area (Å²) in [5, 5.41) is 6.22. The van der Waals surface area contributed by atoms with Gasteiger partial charge < -0.3 is 20.1 Å². The van der Waals surface area contributed by atoms with Crippen molar-refractivity contribution in [3.05, 3.63) is 41.8 Å². The van der Waals surface area contributed by atoms with Crippen molar-refractivity contribution >= 4 is 22.8 Å². The highest BCUT2D eigenvalue weighted by molar-refractivity contribution is 5.88. The lowest BCUT2D eigenvalue weighted by atomic mass is 10.2. The molecule has 0 aliphatic heterocycles. The molecule has 1 aromatic carbocycles.